The molecule has 9 heteroatoms. The van der Waals surface area contributed by atoms with Gasteiger partial charge in [-0.1, -0.05) is 13.0 Å². The van der Waals surface area contributed by atoms with E-state index in [0.29, 0.717) is 31.6 Å². The molecular formula is C29H28N6O3. The lowest BCUT2D eigenvalue weighted by Crippen LogP contribution is -2.38. The minimum absolute atomic E-state index is 0.0143. The third-order valence-corrected chi connectivity index (χ3v) is 7.21. The maximum Gasteiger partial charge on any atom is 0.253 e. The Morgan fingerprint density at radius 1 is 1.11 bits per heavy atom. The van der Waals surface area contributed by atoms with E-state index in [1.54, 1.807) is 11.1 Å². The summed E-state index contributed by atoms with van der Waals surface area (Å²) in [6, 6.07) is 17.3. The van der Waals surface area contributed by atoms with Gasteiger partial charge in [0.05, 0.1) is 11.4 Å². The molecule has 1 fully saturated rings. The van der Waals surface area contributed by atoms with E-state index < -0.39 is 0 Å². The first-order valence-electron chi connectivity index (χ1n) is 12.8. The Kier molecular flexibility index (Phi) is 6.03. The molecule has 2 aliphatic heterocycles. The van der Waals surface area contributed by atoms with E-state index in [1.165, 1.54) is 0 Å². The number of carbonyl (C=O) groups is 3. The number of nitrogens with zero attached hydrogens (tertiary/aromatic N) is 3. The van der Waals surface area contributed by atoms with Gasteiger partial charge in [0.25, 0.3) is 11.8 Å². The average Bonchev–Trinajstić information content (AvgIpc) is 3.69. The molecule has 1 unspecified atom stereocenters. The molecule has 0 radical (unpaired) electrons. The van der Waals surface area contributed by atoms with Crippen LogP contribution in [0.3, 0.4) is 0 Å². The number of hydrogen-bond acceptors (Lipinski definition) is 5. The number of nitrogens with one attached hydrogen (secondary N) is 3. The number of imidazole rings is 1. The lowest BCUT2D eigenvalue weighted by atomic mass is 10.0. The van der Waals surface area contributed by atoms with E-state index in [4.69, 9.17) is 0 Å². The van der Waals surface area contributed by atoms with Gasteiger partial charge in [0.2, 0.25) is 5.91 Å². The molecule has 0 bridgehead atoms. The molecular weight excluding hydrogens is 480 g/mol. The van der Waals surface area contributed by atoms with Gasteiger partial charge in [-0.05, 0) is 66.1 Å². The number of benzene rings is 2. The summed E-state index contributed by atoms with van der Waals surface area (Å²) in [5.74, 6) is -0.0480. The number of carbonyl (C=O) groups excluding carboxylic acids is 3. The normalized spacial score (nSPS) is 16.4. The van der Waals surface area contributed by atoms with Gasteiger partial charge < -0.3 is 20.9 Å². The first-order chi connectivity index (χ1) is 18.5. The summed E-state index contributed by atoms with van der Waals surface area (Å²) >= 11 is 0. The highest BCUT2D eigenvalue weighted by Crippen LogP contribution is 2.30. The number of fused-ring (bicyclic) bond motifs is 2. The molecule has 9 nitrogen and oxygen atoms in total. The first kappa shape index (κ1) is 23.7. The van der Waals surface area contributed by atoms with Crippen LogP contribution in [-0.2, 0) is 11.3 Å². The fraction of sp³-hybridized carbons (Fsp3) is 0.241. The number of aromatic nitrogens is 2. The molecule has 0 saturated carbocycles. The van der Waals surface area contributed by atoms with Gasteiger partial charge in [-0.3, -0.25) is 18.8 Å². The molecule has 1 atom stereocenters. The predicted molar refractivity (Wildman–Crippen MR) is 144 cm³/mol. The lowest BCUT2D eigenvalue weighted by Gasteiger charge is -2.17. The third kappa shape index (κ3) is 4.36. The van der Waals surface area contributed by atoms with Crippen molar-refractivity contribution in [3.63, 3.8) is 0 Å². The fourth-order valence-electron chi connectivity index (χ4n) is 5.17. The monoisotopic (exact) mass is 508 g/mol. The van der Waals surface area contributed by atoms with Gasteiger partial charge in [0, 0.05) is 61.3 Å². The van der Waals surface area contributed by atoms with E-state index in [1.807, 2.05) is 72.1 Å². The van der Waals surface area contributed by atoms with Gasteiger partial charge in [0.1, 0.15) is 0 Å². The van der Waals surface area contributed by atoms with Crippen LogP contribution in [0, 0.1) is 0 Å². The fourth-order valence-corrected chi connectivity index (χ4v) is 5.17. The molecule has 3 amide bonds. The van der Waals surface area contributed by atoms with Crippen molar-refractivity contribution in [1.82, 2.24) is 24.9 Å². The van der Waals surface area contributed by atoms with Crippen LogP contribution in [0.15, 0.2) is 67.0 Å². The Balaban J connectivity index is 1.18. The Bertz CT molecular complexity index is 1560. The van der Waals surface area contributed by atoms with Gasteiger partial charge in [-0.2, -0.15) is 0 Å². The van der Waals surface area contributed by atoms with Gasteiger partial charge in [-0.25, -0.2) is 4.98 Å². The quantitative estimate of drug-likeness (QED) is 0.368. The highest BCUT2D eigenvalue weighted by atomic mass is 16.2. The average molecular weight is 509 g/mol. The molecule has 0 spiro atoms. The van der Waals surface area contributed by atoms with Crippen LogP contribution in [0.4, 0.5) is 11.4 Å². The van der Waals surface area contributed by atoms with Crippen LogP contribution in [0.5, 0.6) is 0 Å². The number of amides is 3. The standard InChI is InChI=1S/C29H28N6O3/c1-2-26(36)33-22-11-13-34(17-22)29(38)18-3-6-21(7-4-18)32-24-9-10-25(35-14-12-30-27(24)35)19-5-8-23-20(15-19)16-31-28(23)37/h3-10,12,14-15,22,32H,2,11,13,16-17H2,1H3,(H,31,37)(H,33,36). The molecule has 192 valence electrons. The van der Waals surface area contributed by atoms with Crippen molar-refractivity contribution in [2.24, 2.45) is 0 Å². The smallest absolute Gasteiger partial charge is 0.253 e. The number of anilines is 2. The minimum Gasteiger partial charge on any atom is -0.352 e. The predicted octanol–water partition coefficient (Wildman–Crippen LogP) is 3.73. The Morgan fingerprint density at radius 2 is 1.95 bits per heavy atom. The van der Waals surface area contributed by atoms with Crippen molar-refractivity contribution in [3.8, 4) is 11.3 Å². The number of pyridine rings is 1. The second-order valence-corrected chi connectivity index (χ2v) is 9.67. The molecule has 1 saturated heterocycles. The largest absolute Gasteiger partial charge is 0.352 e. The van der Waals surface area contributed by atoms with Crippen LogP contribution in [-0.4, -0.2) is 51.1 Å². The van der Waals surface area contributed by atoms with E-state index in [2.05, 4.69) is 20.9 Å². The lowest BCUT2D eigenvalue weighted by molar-refractivity contribution is -0.121. The maximum atomic E-state index is 13.0. The van der Waals surface area contributed by atoms with E-state index in [9.17, 15) is 14.4 Å². The van der Waals surface area contributed by atoms with Gasteiger partial charge >= 0.3 is 0 Å². The summed E-state index contributed by atoms with van der Waals surface area (Å²) in [4.78, 5) is 42.9. The topological polar surface area (TPSA) is 108 Å². The Labute approximate surface area is 219 Å². The molecule has 0 aliphatic carbocycles. The second kappa shape index (κ2) is 9.66. The van der Waals surface area contributed by atoms with Crippen LogP contribution >= 0.6 is 0 Å². The summed E-state index contributed by atoms with van der Waals surface area (Å²) in [5, 5.41) is 9.26. The van der Waals surface area contributed by atoms with Crippen molar-refractivity contribution >= 4 is 34.7 Å². The van der Waals surface area contributed by atoms with Gasteiger partial charge in [0.15, 0.2) is 5.65 Å². The van der Waals surface area contributed by atoms with Crippen LogP contribution in [0.2, 0.25) is 0 Å². The summed E-state index contributed by atoms with van der Waals surface area (Å²) in [7, 11) is 0. The zero-order valence-corrected chi connectivity index (χ0v) is 21.0. The van der Waals surface area contributed by atoms with Crippen molar-refractivity contribution in [2.75, 3.05) is 18.4 Å². The minimum atomic E-state index is -0.0314. The van der Waals surface area contributed by atoms with Gasteiger partial charge in [-0.15, -0.1) is 0 Å². The van der Waals surface area contributed by atoms with Crippen LogP contribution in [0.1, 0.15) is 46.0 Å². The van der Waals surface area contributed by atoms with Crippen LogP contribution in [0.25, 0.3) is 16.9 Å². The summed E-state index contributed by atoms with van der Waals surface area (Å²) < 4.78 is 2.02. The molecule has 3 N–H and O–H groups in total. The third-order valence-electron chi connectivity index (χ3n) is 7.21. The molecule has 38 heavy (non-hydrogen) atoms. The van der Waals surface area contributed by atoms with Crippen molar-refractivity contribution in [3.05, 3.63) is 83.7 Å². The van der Waals surface area contributed by atoms with E-state index in [-0.39, 0.29) is 23.8 Å². The summed E-state index contributed by atoms with van der Waals surface area (Å²) in [5.41, 5.74) is 6.77. The van der Waals surface area contributed by atoms with Crippen molar-refractivity contribution in [1.29, 1.82) is 0 Å². The maximum absolute atomic E-state index is 13.0. The SMILES string of the molecule is CCC(=O)NC1CCN(C(=O)c2ccc(Nc3ccc(-c4ccc5c(c4)CNC5=O)n4ccnc34)cc2)C1. The second-order valence-electron chi connectivity index (χ2n) is 9.67. The zero-order valence-electron chi connectivity index (χ0n) is 21.0. The molecule has 4 aromatic rings. The van der Waals surface area contributed by atoms with E-state index >= 15 is 0 Å². The Hall–Kier alpha value is -4.66. The molecule has 2 aliphatic rings. The summed E-state index contributed by atoms with van der Waals surface area (Å²) in [6.45, 7) is 3.53. The van der Waals surface area contributed by atoms with E-state index in [0.717, 1.165) is 45.8 Å². The Morgan fingerprint density at radius 3 is 2.76 bits per heavy atom. The number of hydrogen-bond donors (Lipinski definition) is 3. The molecule has 2 aromatic heterocycles. The zero-order chi connectivity index (χ0) is 26.2. The molecule has 2 aromatic carbocycles. The molecule has 4 heterocycles. The first-order valence-corrected chi connectivity index (χ1v) is 12.8. The number of rotatable bonds is 6. The summed E-state index contributed by atoms with van der Waals surface area (Å²) in [6.07, 6.45) is 4.89. The van der Waals surface area contributed by atoms with Crippen molar-refractivity contribution < 1.29 is 14.4 Å². The highest BCUT2D eigenvalue weighted by molar-refractivity contribution is 5.99. The molecule has 6 rings (SSSR count). The van der Waals surface area contributed by atoms with Crippen LogP contribution < -0.4 is 16.0 Å². The van der Waals surface area contributed by atoms with Crippen molar-refractivity contribution in [2.45, 2.75) is 32.4 Å². The number of likely N-dealkylation sites (tertiary alicyclic amines) is 1. The highest BCUT2D eigenvalue weighted by Gasteiger charge is 2.27.